The molecule has 0 rings (SSSR count). The van der Waals surface area contributed by atoms with Crippen molar-refractivity contribution in [3.63, 3.8) is 0 Å². The molecule has 0 saturated heterocycles. The highest BCUT2D eigenvalue weighted by Crippen LogP contribution is 1.77. The molecule has 0 aliphatic heterocycles. The average Bonchev–Trinajstić information content (AvgIpc) is 1.91. The van der Waals surface area contributed by atoms with E-state index in [1.807, 2.05) is 27.0 Å². The number of nitrogens with two attached hydrogens (primary N) is 1. The smallest absolute Gasteiger partial charge is 0.0621 e. The van der Waals surface area contributed by atoms with Crippen LogP contribution in [0.3, 0.4) is 0 Å². The highest BCUT2D eigenvalue weighted by molar-refractivity contribution is 4.65. The maximum absolute atomic E-state index is 7.82. The maximum Gasteiger partial charge on any atom is 0.0621 e. The molecule has 0 spiro atoms. The molecule has 0 radical (unpaired) electrons. The van der Waals surface area contributed by atoms with E-state index in [1.54, 1.807) is 5.01 Å². The molecule has 0 aromatic carbocycles. The van der Waals surface area contributed by atoms with Gasteiger partial charge >= 0.3 is 0 Å². The second kappa shape index (κ2) is 11.2. The highest BCUT2D eigenvalue weighted by Gasteiger charge is 1.72. The van der Waals surface area contributed by atoms with Crippen molar-refractivity contribution in [3.05, 3.63) is 0 Å². The van der Waals surface area contributed by atoms with Crippen LogP contribution in [0.1, 0.15) is 26.7 Å². The van der Waals surface area contributed by atoms with Gasteiger partial charge in [-0.3, -0.25) is 10.9 Å². The molecule has 2 N–H and O–H groups in total. The van der Waals surface area contributed by atoms with Gasteiger partial charge in [0.2, 0.25) is 0 Å². The number of unbranched alkanes of at least 4 members (excludes halogenated alkanes) is 1. The van der Waals surface area contributed by atoms with Gasteiger partial charge in [0.15, 0.2) is 0 Å². The minimum Gasteiger partial charge on any atom is -0.269 e. The molecule has 0 amide bonds. The van der Waals surface area contributed by atoms with Crippen molar-refractivity contribution in [1.29, 1.82) is 5.26 Å². The highest BCUT2D eigenvalue weighted by atomic mass is 15.4. The zero-order valence-electron chi connectivity index (χ0n) is 7.09. The molecule has 0 aromatic heterocycles. The Kier molecular flexibility index (Phi) is 13.6. The zero-order valence-corrected chi connectivity index (χ0v) is 7.09. The molecule has 0 bridgehead atoms. The summed E-state index contributed by atoms with van der Waals surface area (Å²) >= 11 is 0. The third-order valence-corrected chi connectivity index (χ3v) is 0.861. The fourth-order valence-electron chi connectivity index (χ4n) is 0.112. The lowest BCUT2D eigenvalue weighted by molar-refractivity contribution is 0.370. The predicted molar refractivity (Wildman–Crippen MR) is 43.0 cm³/mol. The van der Waals surface area contributed by atoms with Gasteiger partial charge in [0.25, 0.3) is 0 Å². The monoisotopic (exact) mass is 143 g/mol. The molecular formula is C7H17N3. The largest absolute Gasteiger partial charge is 0.269 e. The molecule has 0 aliphatic rings. The summed E-state index contributed by atoms with van der Waals surface area (Å²) in [7, 11) is 1.83. The predicted octanol–water partition coefficient (Wildman–Crippen LogP) is 1.12. The summed E-state index contributed by atoms with van der Waals surface area (Å²) in [5, 5.41) is 9.44. The summed E-state index contributed by atoms with van der Waals surface area (Å²) in [5.41, 5.74) is 0. The van der Waals surface area contributed by atoms with Crippen LogP contribution < -0.4 is 5.84 Å². The van der Waals surface area contributed by atoms with Crippen LogP contribution in [-0.4, -0.2) is 18.6 Å². The van der Waals surface area contributed by atoms with E-state index in [-0.39, 0.29) is 0 Å². The lowest BCUT2D eigenvalue weighted by Crippen LogP contribution is -2.24. The number of hydrogen-bond donors (Lipinski definition) is 1. The molecule has 0 aromatic rings. The van der Waals surface area contributed by atoms with Gasteiger partial charge in [-0.15, -0.1) is 0 Å². The molecule has 0 aliphatic carbocycles. The molecule has 60 valence electrons. The van der Waals surface area contributed by atoms with Crippen LogP contribution in [0.5, 0.6) is 0 Å². The quantitative estimate of drug-likeness (QED) is 0.465. The SMILES string of the molecule is CCCC#N.CCN(C)N. The molecule has 3 heteroatoms. The first-order chi connectivity index (χ1) is 4.68. The fourth-order valence-corrected chi connectivity index (χ4v) is 0.112. The van der Waals surface area contributed by atoms with Gasteiger partial charge < -0.3 is 0 Å². The van der Waals surface area contributed by atoms with Crippen molar-refractivity contribution in [2.24, 2.45) is 5.84 Å². The van der Waals surface area contributed by atoms with Crippen LogP contribution in [0.15, 0.2) is 0 Å². The Balaban J connectivity index is 0. The van der Waals surface area contributed by atoms with Gasteiger partial charge in [0.1, 0.15) is 0 Å². The van der Waals surface area contributed by atoms with Crippen molar-refractivity contribution >= 4 is 0 Å². The Morgan fingerprint density at radius 3 is 1.90 bits per heavy atom. The first-order valence-corrected chi connectivity index (χ1v) is 3.51. The summed E-state index contributed by atoms with van der Waals surface area (Å²) in [6, 6.07) is 2.02. The second-order valence-electron chi connectivity index (χ2n) is 1.98. The maximum atomic E-state index is 7.82. The molecular weight excluding hydrogens is 126 g/mol. The minimum atomic E-state index is 0.694. The molecule has 0 saturated carbocycles. The van der Waals surface area contributed by atoms with Crippen molar-refractivity contribution in [3.8, 4) is 6.07 Å². The molecule has 0 heterocycles. The van der Waals surface area contributed by atoms with Crippen LogP contribution in [-0.2, 0) is 0 Å². The average molecular weight is 143 g/mol. The number of nitriles is 1. The van der Waals surface area contributed by atoms with Gasteiger partial charge in [-0.2, -0.15) is 5.26 Å². The Morgan fingerprint density at radius 2 is 1.90 bits per heavy atom. The molecule has 3 nitrogen and oxygen atoms in total. The van der Waals surface area contributed by atoms with Crippen molar-refractivity contribution in [2.45, 2.75) is 26.7 Å². The van der Waals surface area contributed by atoms with Crippen molar-refractivity contribution in [1.82, 2.24) is 5.01 Å². The molecule has 10 heavy (non-hydrogen) atoms. The normalized spacial score (nSPS) is 8.00. The van der Waals surface area contributed by atoms with Gasteiger partial charge in [0, 0.05) is 20.0 Å². The van der Waals surface area contributed by atoms with E-state index in [0.717, 1.165) is 13.0 Å². The van der Waals surface area contributed by atoms with E-state index in [9.17, 15) is 0 Å². The topological polar surface area (TPSA) is 53.0 Å². The van der Waals surface area contributed by atoms with Crippen molar-refractivity contribution in [2.75, 3.05) is 13.6 Å². The second-order valence-corrected chi connectivity index (χ2v) is 1.98. The third kappa shape index (κ3) is 26.2. The summed E-state index contributed by atoms with van der Waals surface area (Å²) in [6.45, 7) is 4.91. The van der Waals surface area contributed by atoms with Gasteiger partial charge in [0.05, 0.1) is 6.07 Å². The van der Waals surface area contributed by atoms with E-state index in [2.05, 4.69) is 0 Å². The van der Waals surface area contributed by atoms with E-state index >= 15 is 0 Å². The summed E-state index contributed by atoms with van der Waals surface area (Å²) in [5.74, 6) is 5.12. The number of rotatable bonds is 2. The molecule has 0 unspecified atom stereocenters. The van der Waals surface area contributed by atoms with E-state index in [1.165, 1.54) is 0 Å². The van der Waals surface area contributed by atoms with E-state index in [0.29, 0.717) is 6.42 Å². The van der Waals surface area contributed by atoms with Crippen LogP contribution in [0.2, 0.25) is 0 Å². The van der Waals surface area contributed by atoms with Crippen LogP contribution in [0.4, 0.5) is 0 Å². The third-order valence-electron chi connectivity index (χ3n) is 0.861. The molecule has 0 atom stereocenters. The van der Waals surface area contributed by atoms with Gasteiger partial charge in [-0.05, 0) is 6.42 Å². The standard InChI is InChI=1S/C4H7N.C3H10N2/c1-2-3-4-5;1-3-5(2)4/h2-3H2,1H3;3-4H2,1-2H3. The van der Waals surface area contributed by atoms with Gasteiger partial charge in [-0.25, -0.2) is 0 Å². The Bertz CT molecular complexity index is 83.3. The van der Waals surface area contributed by atoms with E-state index in [4.69, 9.17) is 11.1 Å². The summed E-state index contributed by atoms with van der Waals surface area (Å²) in [6.07, 6.45) is 1.68. The first kappa shape index (κ1) is 12.1. The minimum absolute atomic E-state index is 0.694. The lowest BCUT2D eigenvalue weighted by Gasteiger charge is -2.00. The number of nitrogens with zero attached hydrogens (tertiary/aromatic N) is 2. The lowest BCUT2D eigenvalue weighted by atomic mass is 10.4. The van der Waals surface area contributed by atoms with Crippen molar-refractivity contribution < 1.29 is 0 Å². The Hall–Kier alpha value is -0.590. The number of hydrogen-bond acceptors (Lipinski definition) is 3. The van der Waals surface area contributed by atoms with E-state index < -0.39 is 0 Å². The van der Waals surface area contributed by atoms with Crippen LogP contribution in [0, 0.1) is 11.3 Å². The van der Waals surface area contributed by atoms with Crippen LogP contribution >= 0.6 is 0 Å². The first-order valence-electron chi connectivity index (χ1n) is 3.51. The molecule has 0 fully saturated rings. The Morgan fingerprint density at radius 1 is 1.50 bits per heavy atom. The summed E-state index contributed by atoms with van der Waals surface area (Å²) < 4.78 is 0. The zero-order chi connectivity index (χ0) is 8.41. The summed E-state index contributed by atoms with van der Waals surface area (Å²) in [4.78, 5) is 0. The Labute approximate surface area is 63.4 Å². The fraction of sp³-hybridized carbons (Fsp3) is 0.857. The van der Waals surface area contributed by atoms with Gasteiger partial charge in [-0.1, -0.05) is 13.8 Å². The van der Waals surface area contributed by atoms with Crippen LogP contribution in [0.25, 0.3) is 0 Å². The number of hydrazine groups is 1.